The zero-order valence-corrected chi connectivity index (χ0v) is 17.3. The van der Waals surface area contributed by atoms with Crippen LogP contribution in [0.25, 0.3) is 0 Å². The van der Waals surface area contributed by atoms with Gasteiger partial charge in [0.05, 0.1) is 12.0 Å². The first-order valence-corrected chi connectivity index (χ1v) is 10.0. The molecule has 2 N–H and O–H groups in total. The summed E-state index contributed by atoms with van der Waals surface area (Å²) in [6.07, 6.45) is -4.75. The topological polar surface area (TPSA) is 83.5 Å². The molecule has 8 heteroatoms. The molecule has 3 aromatic rings. The first kappa shape index (κ1) is 23.7. The quantitative estimate of drug-likeness (QED) is 0.497. The van der Waals surface area contributed by atoms with Crippen LogP contribution in [-0.4, -0.2) is 28.8 Å². The molecule has 0 bridgehead atoms. The molecule has 3 rings (SSSR count). The highest BCUT2D eigenvalue weighted by atomic mass is 19.4. The van der Waals surface area contributed by atoms with E-state index in [1.165, 1.54) is 12.1 Å². The van der Waals surface area contributed by atoms with Crippen molar-refractivity contribution >= 4 is 17.7 Å². The van der Waals surface area contributed by atoms with Crippen LogP contribution in [0.2, 0.25) is 0 Å². The number of carbonyl (C=O) groups is 3. The molecule has 0 spiro atoms. The van der Waals surface area contributed by atoms with Crippen molar-refractivity contribution in [1.82, 2.24) is 5.32 Å². The lowest BCUT2D eigenvalue weighted by Crippen LogP contribution is -2.43. The van der Waals surface area contributed by atoms with Gasteiger partial charge in [-0.25, -0.2) is 4.79 Å². The third-order valence-corrected chi connectivity index (χ3v) is 4.97. The van der Waals surface area contributed by atoms with Crippen molar-refractivity contribution in [3.63, 3.8) is 0 Å². The summed E-state index contributed by atoms with van der Waals surface area (Å²) in [6.45, 7) is 0. The van der Waals surface area contributed by atoms with Crippen molar-refractivity contribution in [2.45, 2.75) is 25.1 Å². The van der Waals surface area contributed by atoms with Crippen LogP contribution in [0.5, 0.6) is 0 Å². The van der Waals surface area contributed by atoms with Crippen LogP contribution in [0.15, 0.2) is 78.9 Å². The van der Waals surface area contributed by atoms with Gasteiger partial charge in [-0.1, -0.05) is 66.7 Å². The fourth-order valence-electron chi connectivity index (χ4n) is 3.23. The van der Waals surface area contributed by atoms with E-state index in [0.717, 1.165) is 12.1 Å². The number of carboxylic acids is 1. The molecule has 0 aliphatic heterocycles. The Morgan fingerprint density at radius 1 is 0.788 bits per heavy atom. The van der Waals surface area contributed by atoms with Gasteiger partial charge in [-0.2, -0.15) is 13.2 Å². The lowest BCUT2D eigenvalue weighted by molar-refractivity contribution is -0.141. The molecule has 0 saturated heterocycles. The average Bonchev–Trinajstić information content (AvgIpc) is 2.79. The lowest BCUT2D eigenvalue weighted by atomic mass is 9.99. The van der Waals surface area contributed by atoms with Crippen molar-refractivity contribution in [2.24, 2.45) is 0 Å². The number of hydrogen-bond donors (Lipinski definition) is 2. The van der Waals surface area contributed by atoms with E-state index in [1.54, 1.807) is 54.6 Å². The van der Waals surface area contributed by atoms with Crippen molar-refractivity contribution in [2.75, 3.05) is 0 Å². The number of amides is 1. The predicted octanol–water partition coefficient (Wildman–Crippen LogP) is 4.29. The van der Waals surface area contributed by atoms with Crippen molar-refractivity contribution in [3.8, 4) is 0 Å². The van der Waals surface area contributed by atoms with Gasteiger partial charge in [0.2, 0.25) is 5.91 Å². The molecule has 3 aromatic carbocycles. The number of nitrogens with one attached hydrogen (secondary N) is 1. The zero-order valence-electron chi connectivity index (χ0n) is 17.3. The third-order valence-electron chi connectivity index (χ3n) is 4.97. The number of ketones is 1. The fourth-order valence-corrected chi connectivity index (χ4v) is 3.23. The van der Waals surface area contributed by atoms with E-state index in [2.05, 4.69) is 5.32 Å². The van der Waals surface area contributed by atoms with Crippen LogP contribution in [0.4, 0.5) is 13.2 Å². The molecule has 0 aromatic heterocycles. The van der Waals surface area contributed by atoms with E-state index in [9.17, 15) is 32.7 Å². The Balaban J connectivity index is 1.62. The number of halogens is 3. The van der Waals surface area contributed by atoms with Crippen LogP contribution >= 0.6 is 0 Å². The summed E-state index contributed by atoms with van der Waals surface area (Å²) in [5.41, 5.74) is 1.08. The summed E-state index contributed by atoms with van der Waals surface area (Å²) < 4.78 is 37.9. The van der Waals surface area contributed by atoms with Crippen molar-refractivity contribution < 1.29 is 32.7 Å². The van der Waals surface area contributed by atoms with Gasteiger partial charge in [0, 0.05) is 17.5 Å². The molecule has 0 aliphatic rings. The van der Waals surface area contributed by atoms with Crippen LogP contribution in [-0.2, 0) is 28.6 Å². The number of aliphatic carboxylic acids is 1. The second-order valence-electron chi connectivity index (χ2n) is 7.43. The van der Waals surface area contributed by atoms with Crippen LogP contribution < -0.4 is 5.32 Å². The molecule has 0 fully saturated rings. The molecular formula is C25H20F3NO4. The van der Waals surface area contributed by atoms with Crippen molar-refractivity contribution in [1.29, 1.82) is 0 Å². The predicted molar refractivity (Wildman–Crippen MR) is 115 cm³/mol. The van der Waals surface area contributed by atoms with Gasteiger partial charge in [-0.3, -0.25) is 9.59 Å². The monoisotopic (exact) mass is 455 g/mol. The Morgan fingerprint density at radius 2 is 1.33 bits per heavy atom. The minimum atomic E-state index is -4.48. The van der Waals surface area contributed by atoms with E-state index >= 15 is 0 Å². The molecule has 5 nitrogen and oxygen atoms in total. The number of benzene rings is 3. The molecule has 0 radical (unpaired) electrons. The number of rotatable bonds is 8. The van der Waals surface area contributed by atoms with Crippen LogP contribution in [0.1, 0.15) is 32.6 Å². The van der Waals surface area contributed by atoms with Gasteiger partial charge in [-0.15, -0.1) is 0 Å². The van der Waals surface area contributed by atoms with Crippen molar-refractivity contribution in [3.05, 3.63) is 107 Å². The molecule has 1 atom stereocenters. The lowest BCUT2D eigenvalue weighted by Gasteiger charge is -2.15. The third kappa shape index (κ3) is 6.52. The van der Waals surface area contributed by atoms with Gasteiger partial charge >= 0.3 is 12.1 Å². The fraction of sp³-hybridized carbons (Fsp3) is 0.160. The minimum absolute atomic E-state index is 0.0199. The molecule has 0 heterocycles. The SMILES string of the molecule is O=C(Cc1ccc(C(F)(F)F)cc1)N[C@H](Cc1ccc(C(=O)c2ccccc2)cc1)C(=O)O. The Bertz CT molecular complexity index is 1130. The molecule has 33 heavy (non-hydrogen) atoms. The summed E-state index contributed by atoms with van der Waals surface area (Å²) in [7, 11) is 0. The molecule has 0 saturated carbocycles. The summed E-state index contributed by atoms with van der Waals surface area (Å²) in [5, 5.41) is 11.9. The smallest absolute Gasteiger partial charge is 0.416 e. The summed E-state index contributed by atoms with van der Waals surface area (Å²) >= 11 is 0. The number of carbonyl (C=O) groups excluding carboxylic acids is 2. The second kappa shape index (κ2) is 10.1. The first-order chi connectivity index (χ1) is 15.6. The Hall–Kier alpha value is -3.94. The molecule has 1 amide bonds. The summed E-state index contributed by atoms with van der Waals surface area (Å²) in [5.74, 6) is -2.04. The maximum Gasteiger partial charge on any atom is 0.416 e. The number of alkyl halides is 3. The molecule has 0 unspecified atom stereocenters. The normalized spacial score (nSPS) is 12.1. The highest BCUT2D eigenvalue weighted by molar-refractivity contribution is 6.08. The van der Waals surface area contributed by atoms with Gasteiger partial charge in [0.1, 0.15) is 6.04 Å². The maximum absolute atomic E-state index is 12.6. The minimum Gasteiger partial charge on any atom is -0.480 e. The zero-order chi connectivity index (χ0) is 24.0. The molecule has 170 valence electrons. The highest BCUT2D eigenvalue weighted by Gasteiger charge is 2.30. The van der Waals surface area contributed by atoms with Gasteiger partial charge in [0.25, 0.3) is 0 Å². The largest absolute Gasteiger partial charge is 0.480 e. The van der Waals surface area contributed by atoms with E-state index in [-0.39, 0.29) is 18.6 Å². The van der Waals surface area contributed by atoms with E-state index in [0.29, 0.717) is 22.3 Å². The Kier molecular flexibility index (Phi) is 7.27. The molecule has 0 aliphatic carbocycles. The van der Waals surface area contributed by atoms with Gasteiger partial charge < -0.3 is 10.4 Å². The summed E-state index contributed by atoms with van der Waals surface area (Å²) in [6, 6.07) is 18.0. The number of hydrogen-bond acceptors (Lipinski definition) is 3. The standard InChI is InChI=1S/C25H20F3NO4/c26-25(27,28)20-12-8-17(9-13-20)15-22(30)29-21(24(32)33)14-16-6-10-19(11-7-16)23(31)18-4-2-1-3-5-18/h1-13,21H,14-15H2,(H,29,30)(H,32,33)/t21-/m1/s1. The highest BCUT2D eigenvalue weighted by Crippen LogP contribution is 2.29. The van der Waals surface area contributed by atoms with Crippen LogP contribution in [0, 0.1) is 0 Å². The summed E-state index contributed by atoms with van der Waals surface area (Å²) in [4.78, 5) is 36.3. The van der Waals surface area contributed by atoms with E-state index < -0.39 is 29.7 Å². The maximum atomic E-state index is 12.6. The first-order valence-electron chi connectivity index (χ1n) is 10.0. The number of carboxylic acid groups (broad SMARTS) is 1. The van der Waals surface area contributed by atoms with E-state index in [4.69, 9.17) is 0 Å². The van der Waals surface area contributed by atoms with Crippen LogP contribution in [0.3, 0.4) is 0 Å². The van der Waals surface area contributed by atoms with Gasteiger partial charge in [0.15, 0.2) is 5.78 Å². The Labute approximate surface area is 187 Å². The van der Waals surface area contributed by atoms with E-state index in [1.807, 2.05) is 0 Å². The average molecular weight is 455 g/mol. The molecular weight excluding hydrogens is 435 g/mol. The van der Waals surface area contributed by atoms with Gasteiger partial charge in [-0.05, 0) is 23.3 Å². The second-order valence-corrected chi connectivity index (χ2v) is 7.43. The Morgan fingerprint density at radius 3 is 1.88 bits per heavy atom.